The summed E-state index contributed by atoms with van der Waals surface area (Å²) in [6.07, 6.45) is 0.819. The molecule has 0 radical (unpaired) electrons. The van der Waals surface area contributed by atoms with Crippen LogP contribution in [0.4, 0.5) is 0 Å². The average Bonchev–Trinajstić information content (AvgIpc) is 3.30. The molecule has 7 nitrogen and oxygen atoms in total. The van der Waals surface area contributed by atoms with Crippen LogP contribution >= 0.6 is 0 Å². The minimum Gasteiger partial charge on any atom is -0.497 e. The molecule has 0 spiro atoms. The van der Waals surface area contributed by atoms with Gasteiger partial charge in [0.1, 0.15) is 5.75 Å². The molecule has 0 bridgehead atoms. The number of hydrogen-bond acceptors (Lipinski definition) is 5. The molecule has 0 N–H and O–H groups in total. The number of rotatable bonds is 3. The summed E-state index contributed by atoms with van der Waals surface area (Å²) in [7, 11) is 1.65. The second kappa shape index (κ2) is 6.24. The number of aromatic nitrogens is 3. The van der Waals surface area contributed by atoms with Crippen molar-refractivity contribution < 1.29 is 14.3 Å². The van der Waals surface area contributed by atoms with Crippen LogP contribution in [0.25, 0.3) is 11.4 Å². The van der Waals surface area contributed by atoms with E-state index in [0.717, 1.165) is 29.4 Å². The van der Waals surface area contributed by atoms with E-state index in [-0.39, 0.29) is 11.8 Å². The lowest BCUT2D eigenvalue weighted by atomic mass is 10.1. The van der Waals surface area contributed by atoms with E-state index in [1.54, 1.807) is 7.11 Å². The van der Waals surface area contributed by atoms with Crippen LogP contribution in [0.2, 0.25) is 0 Å². The zero-order valence-corrected chi connectivity index (χ0v) is 13.6. The summed E-state index contributed by atoms with van der Waals surface area (Å²) >= 11 is 0. The molecule has 2 aliphatic rings. The molecule has 126 valence electrons. The van der Waals surface area contributed by atoms with Gasteiger partial charge in [0.05, 0.1) is 26.2 Å². The van der Waals surface area contributed by atoms with E-state index in [0.29, 0.717) is 32.8 Å². The Labute approximate surface area is 140 Å². The summed E-state index contributed by atoms with van der Waals surface area (Å²) in [6, 6.07) is 7.78. The van der Waals surface area contributed by atoms with Gasteiger partial charge in [-0.3, -0.25) is 4.79 Å². The van der Waals surface area contributed by atoms with Crippen molar-refractivity contribution in [3.63, 3.8) is 0 Å². The number of methoxy groups -OCH3 is 1. The molecule has 1 atom stereocenters. The molecule has 0 unspecified atom stereocenters. The first-order valence-corrected chi connectivity index (χ1v) is 8.19. The number of ether oxygens (including phenoxy) is 2. The highest BCUT2D eigenvalue weighted by molar-refractivity contribution is 5.79. The van der Waals surface area contributed by atoms with E-state index in [2.05, 4.69) is 14.8 Å². The topological polar surface area (TPSA) is 69.5 Å². The van der Waals surface area contributed by atoms with Crippen LogP contribution in [0.3, 0.4) is 0 Å². The minimum atomic E-state index is 0.000491. The molecule has 2 aromatic rings. The van der Waals surface area contributed by atoms with Gasteiger partial charge >= 0.3 is 0 Å². The van der Waals surface area contributed by atoms with Crippen molar-refractivity contribution >= 4 is 5.91 Å². The van der Waals surface area contributed by atoms with E-state index in [9.17, 15) is 4.79 Å². The normalized spacial score (nSPS) is 20.0. The Morgan fingerprint density at radius 3 is 2.79 bits per heavy atom. The molecular formula is C17H20N4O3. The Morgan fingerprint density at radius 2 is 2.08 bits per heavy atom. The van der Waals surface area contributed by atoms with E-state index in [1.165, 1.54) is 0 Å². The molecule has 1 amide bonds. The summed E-state index contributed by atoms with van der Waals surface area (Å²) in [6.45, 7) is 3.13. The highest BCUT2D eigenvalue weighted by Gasteiger charge is 2.31. The molecule has 2 aliphatic heterocycles. The maximum Gasteiger partial charge on any atom is 0.228 e. The fraction of sp³-hybridized carbons (Fsp3) is 0.471. The maximum absolute atomic E-state index is 12.5. The second-order valence-electron chi connectivity index (χ2n) is 6.14. The van der Waals surface area contributed by atoms with Gasteiger partial charge in [-0.15, -0.1) is 10.2 Å². The first-order chi connectivity index (χ1) is 11.8. The van der Waals surface area contributed by atoms with Gasteiger partial charge in [0, 0.05) is 25.3 Å². The molecule has 3 heterocycles. The van der Waals surface area contributed by atoms with E-state index >= 15 is 0 Å². The summed E-state index contributed by atoms with van der Waals surface area (Å²) in [5.74, 6) is 2.66. The van der Waals surface area contributed by atoms with Gasteiger partial charge < -0.3 is 18.9 Å². The van der Waals surface area contributed by atoms with E-state index in [1.807, 2.05) is 29.2 Å². The third-order valence-electron chi connectivity index (χ3n) is 4.69. The Morgan fingerprint density at radius 1 is 1.25 bits per heavy atom. The monoisotopic (exact) mass is 328 g/mol. The first kappa shape index (κ1) is 15.1. The predicted molar refractivity (Wildman–Crippen MR) is 86.4 cm³/mol. The zero-order valence-electron chi connectivity index (χ0n) is 13.6. The Balaban J connectivity index is 1.53. The van der Waals surface area contributed by atoms with Gasteiger partial charge in [-0.1, -0.05) is 0 Å². The van der Waals surface area contributed by atoms with Crippen molar-refractivity contribution in [1.29, 1.82) is 0 Å². The standard InChI is InChI=1S/C17H20N4O3/c1-23-14-4-2-12(3-5-14)16-19-18-15-10-20(7-8-21(15)16)17(22)13-6-9-24-11-13/h2-5,13H,6-11H2,1H3/t13-/m1/s1. The van der Waals surface area contributed by atoms with Crippen LogP contribution in [-0.4, -0.2) is 52.4 Å². The van der Waals surface area contributed by atoms with E-state index in [4.69, 9.17) is 9.47 Å². The van der Waals surface area contributed by atoms with Gasteiger partial charge in [-0.05, 0) is 30.7 Å². The lowest BCUT2D eigenvalue weighted by Crippen LogP contribution is -2.42. The summed E-state index contributed by atoms with van der Waals surface area (Å²) in [4.78, 5) is 14.4. The van der Waals surface area contributed by atoms with Gasteiger partial charge in [-0.2, -0.15) is 0 Å². The van der Waals surface area contributed by atoms with Gasteiger partial charge in [0.2, 0.25) is 5.91 Å². The molecule has 1 saturated heterocycles. The smallest absolute Gasteiger partial charge is 0.228 e. The number of hydrogen-bond donors (Lipinski definition) is 0. The number of carbonyl (C=O) groups excluding carboxylic acids is 1. The van der Waals surface area contributed by atoms with Crippen molar-refractivity contribution in [2.75, 3.05) is 26.9 Å². The molecule has 24 heavy (non-hydrogen) atoms. The summed E-state index contributed by atoms with van der Waals surface area (Å²) < 4.78 is 12.6. The van der Waals surface area contributed by atoms with Crippen molar-refractivity contribution in [3.8, 4) is 17.1 Å². The summed E-state index contributed by atoms with van der Waals surface area (Å²) in [5, 5.41) is 8.62. The van der Waals surface area contributed by atoms with Crippen LogP contribution < -0.4 is 4.74 Å². The lowest BCUT2D eigenvalue weighted by Gasteiger charge is -2.29. The van der Waals surface area contributed by atoms with Crippen molar-refractivity contribution in [1.82, 2.24) is 19.7 Å². The van der Waals surface area contributed by atoms with Crippen molar-refractivity contribution in [2.45, 2.75) is 19.5 Å². The quantitative estimate of drug-likeness (QED) is 0.850. The van der Waals surface area contributed by atoms with Crippen LogP contribution in [-0.2, 0) is 22.6 Å². The second-order valence-corrected chi connectivity index (χ2v) is 6.14. The van der Waals surface area contributed by atoms with Crippen molar-refractivity contribution in [3.05, 3.63) is 30.1 Å². The molecule has 7 heteroatoms. The van der Waals surface area contributed by atoms with Crippen LogP contribution in [0, 0.1) is 5.92 Å². The predicted octanol–water partition coefficient (Wildman–Crippen LogP) is 1.33. The Kier molecular flexibility index (Phi) is 3.93. The maximum atomic E-state index is 12.5. The average molecular weight is 328 g/mol. The van der Waals surface area contributed by atoms with Gasteiger partial charge in [0.15, 0.2) is 11.6 Å². The van der Waals surface area contributed by atoms with E-state index < -0.39 is 0 Å². The molecule has 4 rings (SSSR count). The number of nitrogens with zero attached hydrogens (tertiary/aromatic N) is 4. The SMILES string of the molecule is COc1ccc(-c2nnc3n2CCN(C(=O)[C@@H]2CCOC2)C3)cc1. The number of fused-ring (bicyclic) bond motifs is 1. The highest BCUT2D eigenvalue weighted by atomic mass is 16.5. The highest BCUT2D eigenvalue weighted by Crippen LogP contribution is 2.25. The molecule has 1 aromatic carbocycles. The lowest BCUT2D eigenvalue weighted by molar-refractivity contribution is -0.137. The Hall–Kier alpha value is -2.41. The van der Waals surface area contributed by atoms with Crippen molar-refractivity contribution in [2.24, 2.45) is 5.92 Å². The zero-order chi connectivity index (χ0) is 16.5. The minimum absolute atomic E-state index is 0.000491. The number of benzene rings is 1. The Bertz CT molecular complexity index is 735. The molecule has 0 aliphatic carbocycles. The van der Waals surface area contributed by atoms with Gasteiger partial charge in [0.25, 0.3) is 0 Å². The summed E-state index contributed by atoms with van der Waals surface area (Å²) in [5.41, 5.74) is 0.999. The number of amides is 1. The first-order valence-electron chi connectivity index (χ1n) is 8.19. The fourth-order valence-electron chi connectivity index (χ4n) is 3.29. The molecular weight excluding hydrogens is 308 g/mol. The van der Waals surface area contributed by atoms with Crippen LogP contribution in [0.5, 0.6) is 5.75 Å². The third kappa shape index (κ3) is 2.65. The molecule has 0 saturated carbocycles. The molecule has 1 fully saturated rings. The van der Waals surface area contributed by atoms with Crippen LogP contribution in [0.15, 0.2) is 24.3 Å². The number of carbonyl (C=O) groups is 1. The van der Waals surface area contributed by atoms with Gasteiger partial charge in [-0.25, -0.2) is 0 Å². The van der Waals surface area contributed by atoms with Crippen LogP contribution in [0.1, 0.15) is 12.2 Å². The largest absolute Gasteiger partial charge is 0.497 e. The third-order valence-corrected chi connectivity index (χ3v) is 4.69. The fourth-order valence-corrected chi connectivity index (χ4v) is 3.29. The molecule has 1 aromatic heterocycles.